The van der Waals surface area contributed by atoms with Crippen LogP contribution in [0.15, 0.2) is 24.3 Å². The fourth-order valence-electron chi connectivity index (χ4n) is 4.48. The molecule has 1 aromatic heterocycles. The number of morpholine rings is 1. The van der Waals surface area contributed by atoms with Crippen LogP contribution >= 0.6 is 11.6 Å². The summed E-state index contributed by atoms with van der Waals surface area (Å²) in [6.45, 7) is 2.48. The maximum Gasteiger partial charge on any atom is 0.449 e. The number of Topliss-reactive ketones (excluding diaryl/α,β-unsaturated/α-hetero) is 1. The lowest BCUT2D eigenvalue weighted by Crippen LogP contribution is -2.57. The van der Waals surface area contributed by atoms with E-state index in [0.717, 1.165) is 31.5 Å². The highest BCUT2D eigenvalue weighted by molar-refractivity contribution is 6.30. The molecule has 1 aromatic carbocycles. The molecule has 212 valence electrons. The van der Waals surface area contributed by atoms with Crippen LogP contribution in [0.2, 0.25) is 5.02 Å². The van der Waals surface area contributed by atoms with Crippen LogP contribution in [0.1, 0.15) is 31.7 Å². The van der Waals surface area contributed by atoms with Gasteiger partial charge in [0.15, 0.2) is 0 Å². The molecule has 0 aliphatic carbocycles. The number of hydrogen-bond acceptors (Lipinski definition) is 7. The first-order valence-electron chi connectivity index (χ1n) is 11.9. The van der Waals surface area contributed by atoms with Crippen LogP contribution in [0, 0.1) is 0 Å². The van der Waals surface area contributed by atoms with Crippen molar-refractivity contribution in [3.63, 3.8) is 0 Å². The highest BCUT2D eigenvalue weighted by Gasteiger charge is 2.40. The van der Waals surface area contributed by atoms with E-state index in [1.165, 1.54) is 0 Å². The molecule has 8 nitrogen and oxygen atoms in total. The number of aromatic amines is 1. The number of ketones is 1. The Morgan fingerprint density at radius 1 is 1.16 bits per heavy atom. The Balaban J connectivity index is 0.000000505. The van der Waals surface area contributed by atoms with Crippen molar-refractivity contribution in [1.29, 1.82) is 0 Å². The Labute approximate surface area is 220 Å². The van der Waals surface area contributed by atoms with E-state index < -0.39 is 30.7 Å². The molecular formula is C23H29ClF6N6O2. The number of nitrogens with one attached hydrogen (secondary N) is 1. The molecule has 2 fully saturated rings. The summed E-state index contributed by atoms with van der Waals surface area (Å²) in [6, 6.07) is 7.76. The number of carbonyl (C=O) groups excluding carboxylic acids is 1. The largest absolute Gasteiger partial charge is 0.449 e. The number of aromatic nitrogens is 3. The molecule has 0 amide bonds. The van der Waals surface area contributed by atoms with Crippen molar-refractivity contribution in [3.8, 4) is 0 Å². The van der Waals surface area contributed by atoms with Crippen molar-refractivity contribution in [3.05, 3.63) is 34.9 Å². The van der Waals surface area contributed by atoms with E-state index in [0.29, 0.717) is 24.3 Å². The maximum atomic E-state index is 13.0. The third-order valence-corrected chi connectivity index (χ3v) is 6.61. The third-order valence-electron chi connectivity index (χ3n) is 6.36. The molecule has 0 spiro atoms. The smallest absolute Gasteiger partial charge is 0.375 e. The summed E-state index contributed by atoms with van der Waals surface area (Å²) in [5.74, 6) is -0.929. The zero-order chi connectivity index (χ0) is 28.1. The number of carbonyl (C=O) groups is 1. The number of H-pyrrole nitrogens is 1. The Hall–Kier alpha value is -2.58. The van der Waals surface area contributed by atoms with Crippen molar-refractivity contribution in [2.45, 2.75) is 63.1 Å². The van der Waals surface area contributed by atoms with E-state index in [4.69, 9.17) is 22.1 Å². The Bertz CT molecular complexity index is 1040. The highest BCUT2D eigenvalue weighted by atomic mass is 35.5. The Kier molecular flexibility index (Phi) is 9.87. The second kappa shape index (κ2) is 12.5. The summed E-state index contributed by atoms with van der Waals surface area (Å²) in [4.78, 5) is 17.8. The number of nitrogens with two attached hydrogens (primary N) is 1. The molecule has 0 saturated carbocycles. The average Bonchev–Trinajstić information content (AvgIpc) is 3.27. The topological polar surface area (TPSA) is 100 Å². The first-order chi connectivity index (χ1) is 17.7. The van der Waals surface area contributed by atoms with E-state index in [1.54, 1.807) is 0 Å². The summed E-state index contributed by atoms with van der Waals surface area (Å²) in [6.07, 6.45) is -8.32. The zero-order valence-electron chi connectivity index (χ0n) is 20.5. The molecule has 38 heavy (non-hydrogen) atoms. The van der Waals surface area contributed by atoms with Crippen LogP contribution in [-0.4, -0.2) is 82.6 Å². The molecule has 3 N–H and O–H groups in total. The summed E-state index contributed by atoms with van der Waals surface area (Å²) >= 11 is 5.98. The van der Waals surface area contributed by atoms with Gasteiger partial charge in [0.1, 0.15) is 0 Å². The van der Waals surface area contributed by atoms with Gasteiger partial charge in [-0.05, 0) is 37.0 Å². The minimum Gasteiger partial charge on any atom is -0.375 e. The number of nitrogens with zero attached hydrogens (tertiary/aromatic N) is 4. The first kappa shape index (κ1) is 30.0. The molecule has 2 atom stereocenters. The normalized spacial score (nSPS) is 21.6. The number of halogens is 7. The van der Waals surface area contributed by atoms with Gasteiger partial charge in [-0.1, -0.05) is 23.7 Å². The van der Waals surface area contributed by atoms with E-state index in [2.05, 4.69) is 20.1 Å². The fourth-order valence-corrected chi connectivity index (χ4v) is 4.61. The molecule has 2 unspecified atom stereocenters. The fraction of sp³-hybridized carbons (Fsp3) is 0.609. The van der Waals surface area contributed by atoms with Crippen molar-refractivity contribution in [2.24, 2.45) is 0 Å². The molecule has 4 rings (SSSR count). The Morgan fingerprint density at radius 3 is 2.26 bits per heavy atom. The minimum atomic E-state index is -4.64. The summed E-state index contributed by atoms with van der Waals surface area (Å²) in [7, 11) is 0. The van der Waals surface area contributed by atoms with Gasteiger partial charge in [0.05, 0.1) is 19.1 Å². The van der Waals surface area contributed by atoms with Gasteiger partial charge in [0.2, 0.25) is 17.7 Å². The number of anilines is 2. The van der Waals surface area contributed by atoms with Crippen LogP contribution in [-0.2, 0) is 16.0 Å². The first-order valence-corrected chi connectivity index (χ1v) is 12.3. The monoisotopic (exact) mass is 570 g/mol. The standard InChI is InChI=1S/C20H26ClF3N6O.C3H3F3O/c21-14-3-1-13(2-4-14)9-16-12-31-17(10-20(22,23)24)11-30(16)15-5-7-29(8-6-15)19-26-18(25)27-28-19;1-2(7)3(4,5)6/h1-4,15-17H,5-12H2,(H3,25,26,27,28);1H3. The number of nitrogen functional groups attached to an aromatic ring is 1. The number of benzene rings is 1. The van der Waals surface area contributed by atoms with Crippen LogP contribution in [0.25, 0.3) is 0 Å². The third kappa shape index (κ3) is 9.02. The van der Waals surface area contributed by atoms with Crippen molar-refractivity contribution >= 4 is 29.3 Å². The van der Waals surface area contributed by atoms with Gasteiger partial charge < -0.3 is 15.4 Å². The molecular weight excluding hydrogens is 542 g/mol. The number of hydrogen-bond donors (Lipinski definition) is 2. The van der Waals surface area contributed by atoms with Gasteiger partial charge in [0, 0.05) is 43.7 Å². The van der Waals surface area contributed by atoms with Crippen LogP contribution in [0.5, 0.6) is 0 Å². The van der Waals surface area contributed by atoms with E-state index in [-0.39, 0.29) is 31.2 Å². The van der Waals surface area contributed by atoms with Gasteiger partial charge in [-0.15, -0.1) is 5.10 Å². The van der Waals surface area contributed by atoms with Crippen molar-refractivity contribution in [1.82, 2.24) is 20.1 Å². The molecule has 0 bridgehead atoms. The second-order valence-corrected chi connectivity index (χ2v) is 9.69. The maximum absolute atomic E-state index is 13.0. The zero-order valence-corrected chi connectivity index (χ0v) is 21.3. The van der Waals surface area contributed by atoms with E-state index in [9.17, 15) is 31.1 Å². The van der Waals surface area contributed by atoms with Crippen LogP contribution in [0.3, 0.4) is 0 Å². The van der Waals surface area contributed by atoms with E-state index >= 15 is 0 Å². The van der Waals surface area contributed by atoms with Gasteiger partial charge in [-0.3, -0.25) is 9.69 Å². The second-order valence-electron chi connectivity index (χ2n) is 9.25. The lowest BCUT2D eigenvalue weighted by Gasteiger charge is -2.46. The predicted molar refractivity (Wildman–Crippen MR) is 129 cm³/mol. The SMILES string of the molecule is CC(=O)C(F)(F)F.Nc1nc(N2CCC(N3CC(CC(F)(F)F)OCC3Cc3ccc(Cl)cc3)CC2)n[nH]1. The molecule has 2 aliphatic heterocycles. The van der Waals surface area contributed by atoms with Crippen LogP contribution in [0.4, 0.5) is 38.2 Å². The number of ether oxygens (including phenoxy) is 1. The van der Waals surface area contributed by atoms with Gasteiger partial charge in [0.25, 0.3) is 0 Å². The predicted octanol–water partition coefficient (Wildman–Crippen LogP) is 4.41. The average molecular weight is 571 g/mol. The molecule has 2 saturated heterocycles. The lowest BCUT2D eigenvalue weighted by molar-refractivity contribution is -0.179. The van der Waals surface area contributed by atoms with Gasteiger partial charge in [-0.2, -0.15) is 31.3 Å². The summed E-state index contributed by atoms with van der Waals surface area (Å²) in [5, 5.41) is 7.40. The summed E-state index contributed by atoms with van der Waals surface area (Å²) in [5.41, 5.74) is 6.71. The molecule has 0 radical (unpaired) electrons. The molecule has 2 aliphatic rings. The van der Waals surface area contributed by atoms with Crippen LogP contribution < -0.4 is 10.6 Å². The van der Waals surface area contributed by atoms with Crippen molar-refractivity contribution in [2.75, 3.05) is 36.9 Å². The van der Waals surface area contributed by atoms with Gasteiger partial charge >= 0.3 is 12.4 Å². The molecule has 3 heterocycles. The minimum absolute atomic E-state index is 0.0152. The molecule has 15 heteroatoms. The lowest BCUT2D eigenvalue weighted by atomic mass is 9.96. The number of piperidine rings is 1. The van der Waals surface area contributed by atoms with Gasteiger partial charge in [-0.25, -0.2) is 5.10 Å². The quantitative estimate of drug-likeness (QED) is 0.514. The number of alkyl halides is 6. The highest BCUT2D eigenvalue weighted by Crippen LogP contribution is 2.30. The summed E-state index contributed by atoms with van der Waals surface area (Å²) < 4.78 is 77.1. The van der Waals surface area contributed by atoms with Crippen molar-refractivity contribution < 1.29 is 35.9 Å². The number of rotatable bonds is 5. The molecule has 2 aromatic rings. The Morgan fingerprint density at radius 2 is 1.76 bits per heavy atom. The van der Waals surface area contributed by atoms with E-state index in [1.807, 2.05) is 29.2 Å².